The number of hydrogen-bond donors (Lipinski definition) is 1. The molecule has 0 fully saturated rings. The van der Waals surface area contributed by atoms with E-state index >= 15 is 0 Å². The molecule has 1 N–H and O–H groups in total. The summed E-state index contributed by atoms with van der Waals surface area (Å²) < 4.78 is 11.4. The fourth-order valence-electron chi connectivity index (χ4n) is 1.96. The van der Waals surface area contributed by atoms with Crippen molar-refractivity contribution >= 4 is 28.6 Å². The van der Waals surface area contributed by atoms with Crippen LogP contribution in [0, 0.1) is 0 Å². The van der Waals surface area contributed by atoms with E-state index < -0.39 is 28.6 Å². The number of nitrogens with zero attached hydrogens (tertiary/aromatic N) is 1. The highest BCUT2D eigenvalue weighted by atomic mass is 32.2. The number of benzene rings is 1. The van der Waals surface area contributed by atoms with Crippen LogP contribution in [0.4, 0.5) is 0 Å². The zero-order valence-corrected chi connectivity index (χ0v) is 11.6. The van der Waals surface area contributed by atoms with Crippen molar-refractivity contribution in [2.75, 3.05) is 18.1 Å². The molecule has 1 unspecified atom stereocenters. The third-order valence-electron chi connectivity index (χ3n) is 3.08. The molecule has 0 spiro atoms. The predicted octanol–water partition coefficient (Wildman–Crippen LogP) is 0.749. The van der Waals surface area contributed by atoms with Gasteiger partial charge in [0.2, 0.25) is 0 Å². The molecule has 0 aromatic heterocycles. The van der Waals surface area contributed by atoms with Crippen LogP contribution in [0.1, 0.15) is 38.0 Å². The Bertz CT molecular complexity index is 625. The van der Waals surface area contributed by atoms with Gasteiger partial charge in [0.25, 0.3) is 11.8 Å². The van der Waals surface area contributed by atoms with Gasteiger partial charge in [-0.15, -0.1) is 0 Å². The van der Waals surface area contributed by atoms with Crippen LogP contribution in [0.25, 0.3) is 0 Å². The molecule has 20 heavy (non-hydrogen) atoms. The van der Waals surface area contributed by atoms with Crippen molar-refractivity contribution in [2.24, 2.45) is 0 Å². The highest BCUT2D eigenvalue weighted by molar-refractivity contribution is 7.84. The molecule has 1 aromatic carbocycles. The molecule has 0 saturated carbocycles. The van der Waals surface area contributed by atoms with Crippen molar-refractivity contribution in [3.8, 4) is 0 Å². The van der Waals surface area contributed by atoms with E-state index in [1.54, 1.807) is 6.92 Å². The van der Waals surface area contributed by atoms with Gasteiger partial charge in [-0.3, -0.25) is 18.7 Å². The summed E-state index contributed by atoms with van der Waals surface area (Å²) >= 11 is 0. The van der Waals surface area contributed by atoms with Crippen LogP contribution in [-0.4, -0.2) is 50.0 Å². The van der Waals surface area contributed by atoms with E-state index in [0.29, 0.717) is 5.75 Å². The van der Waals surface area contributed by atoms with E-state index in [2.05, 4.69) is 0 Å². The number of amides is 2. The van der Waals surface area contributed by atoms with Gasteiger partial charge in [-0.25, -0.2) is 4.79 Å². The molecule has 7 heteroatoms. The maximum atomic E-state index is 12.1. The van der Waals surface area contributed by atoms with Crippen molar-refractivity contribution in [2.45, 2.75) is 6.92 Å². The van der Waals surface area contributed by atoms with Gasteiger partial charge in [0.15, 0.2) is 0 Å². The second-order valence-electron chi connectivity index (χ2n) is 4.26. The molecule has 0 bridgehead atoms. The van der Waals surface area contributed by atoms with Gasteiger partial charge in [-0.1, -0.05) is 6.92 Å². The summed E-state index contributed by atoms with van der Waals surface area (Å²) in [6.07, 6.45) is 0. The summed E-state index contributed by atoms with van der Waals surface area (Å²) in [5, 5.41) is 8.89. The Morgan fingerprint density at radius 1 is 1.25 bits per heavy atom. The highest BCUT2D eigenvalue weighted by Gasteiger charge is 2.35. The number of imide groups is 1. The fraction of sp³-hybridized carbons (Fsp3) is 0.308. The number of hydrogen-bond acceptors (Lipinski definition) is 4. The Hall–Kier alpha value is -2.02. The largest absolute Gasteiger partial charge is 0.478 e. The molecule has 2 amide bonds. The predicted molar refractivity (Wildman–Crippen MR) is 72.3 cm³/mol. The lowest BCUT2D eigenvalue weighted by molar-refractivity contribution is 0.0661. The number of carbonyl (C=O) groups excluding carboxylic acids is 2. The summed E-state index contributed by atoms with van der Waals surface area (Å²) in [6, 6.07) is 3.84. The number of aromatic carboxylic acids is 1. The molecule has 1 aliphatic rings. The molecule has 1 aromatic rings. The first-order valence-corrected chi connectivity index (χ1v) is 7.53. The van der Waals surface area contributed by atoms with Gasteiger partial charge in [0.05, 0.1) is 16.7 Å². The molecule has 2 rings (SSSR count). The topological polar surface area (TPSA) is 91.8 Å². The minimum atomic E-state index is -1.15. The molecule has 106 valence electrons. The monoisotopic (exact) mass is 295 g/mol. The SMILES string of the molecule is CCS(=O)CCN1C(=O)c2ccc(C(=O)O)cc2C1=O. The van der Waals surface area contributed by atoms with Crippen molar-refractivity contribution in [1.29, 1.82) is 0 Å². The molecule has 0 radical (unpaired) electrons. The van der Waals surface area contributed by atoms with E-state index in [-0.39, 0.29) is 29.0 Å². The minimum absolute atomic E-state index is 0.0381. The molecule has 1 aliphatic heterocycles. The number of carboxylic acids is 1. The zero-order valence-electron chi connectivity index (χ0n) is 10.8. The van der Waals surface area contributed by atoms with Crippen LogP contribution in [0.2, 0.25) is 0 Å². The third-order valence-corrected chi connectivity index (χ3v) is 4.36. The van der Waals surface area contributed by atoms with Crippen molar-refractivity contribution in [1.82, 2.24) is 4.90 Å². The van der Waals surface area contributed by atoms with Crippen LogP contribution in [0.3, 0.4) is 0 Å². The van der Waals surface area contributed by atoms with Gasteiger partial charge in [0, 0.05) is 28.9 Å². The zero-order chi connectivity index (χ0) is 14.9. The molecular formula is C13H13NO5S. The maximum Gasteiger partial charge on any atom is 0.335 e. The first-order valence-electron chi connectivity index (χ1n) is 6.04. The average molecular weight is 295 g/mol. The van der Waals surface area contributed by atoms with Crippen LogP contribution in [-0.2, 0) is 10.8 Å². The lowest BCUT2D eigenvalue weighted by atomic mass is 10.1. The smallest absolute Gasteiger partial charge is 0.335 e. The Morgan fingerprint density at radius 2 is 1.90 bits per heavy atom. The second kappa shape index (κ2) is 5.54. The molecule has 1 atom stereocenters. The van der Waals surface area contributed by atoms with Crippen LogP contribution < -0.4 is 0 Å². The summed E-state index contributed by atoms with van der Waals surface area (Å²) in [6.45, 7) is 1.84. The molecular weight excluding hydrogens is 282 g/mol. The number of fused-ring (bicyclic) bond motifs is 1. The Kier molecular flexibility index (Phi) is 3.99. The normalized spacial score (nSPS) is 15.3. The summed E-state index contributed by atoms with van der Waals surface area (Å²) in [4.78, 5) is 36.0. The van der Waals surface area contributed by atoms with Gasteiger partial charge < -0.3 is 5.11 Å². The quantitative estimate of drug-likeness (QED) is 0.809. The van der Waals surface area contributed by atoms with Crippen LogP contribution in [0.5, 0.6) is 0 Å². The highest BCUT2D eigenvalue weighted by Crippen LogP contribution is 2.23. The summed E-state index contributed by atoms with van der Waals surface area (Å²) in [5.74, 6) is -1.45. The van der Waals surface area contributed by atoms with E-state index in [9.17, 15) is 18.6 Å². The lowest BCUT2D eigenvalue weighted by Gasteiger charge is -2.12. The van der Waals surface area contributed by atoms with E-state index in [0.717, 1.165) is 4.90 Å². The molecule has 1 heterocycles. The first kappa shape index (κ1) is 14.4. The molecule has 0 saturated heterocycles. The van der Waals surface area contributed by atoms with Crippen molar-refractivity contribution in [3.63, 3.8) is 0 Å². The van der Waals surface area contributed by atoms with E-state index in [1.807, 2.05) is 0 Å². The first-order chi connectivity index (χ1) is 9.45. The number of carbonyl (C=O) groups is 3. The Labute approximate surface area is 117 Å². The third kappa shape index (κ3) is 2.49. The maximum absolute atomic E-state index is 12.1. The standard InChI is InChI=1S/C13H13NO5S/c1-2-20(19)6-5-14-11(15)9-4-3-8(13(17)18)7-10(9)12(14)16/h3-4,7H,2,5-6H2,1H3,(H,17,18). The number of carboxylic acid groups (broad SMARTS) is 1. The van der Waals surface area contributed by atoms with E-state index in [4.69, 9.17) is 5.11 Å². The lowest BCUT2D eigenvalue weighted by Crippen LogP contribution is -2.33. The summed E-state index contributed by atoms with van der Waals surface area (Å²) in [7, 11) is -1.07. The molecule has 0 aliphatic carbocycles. The van der Waals surface area contributed by atoms with Crippen molar-refractivity contribution < 1.29 is 23.7 Å². The minimum Gasteiger partial charge on any atom is -0.478 e. The average Bonchev–Trinajstić information content (AvgIpc) is 2.68. The van der Waals surface area contributed by atoms with Crippen LogP contribution >= 0.6 is 0 Å². The Morgan fingerprint density at radius 3 is 2.50 bits per heavy atom. The molecule has 6 nitrogen and oxygen atoms in total. The van der Waals surface area contributed by atoms with Crippen molar-refractivity contribution in [3.05, 3.63) is 34.9 Å². The second-order valence-corrected chi connectivity index (χ2v) is 6.13. The van der Waals surface area contributed by atoms with Gasteiger partial charge in [0.1, 0.15) is 0 Å². The Balaban J connectivity index is 2.26. The van der Waals surface area contributed by atoms with E-state index in [1.165, 1.54) is 18.2 Å². The van der Waals surface area contributed by atoms with Gasteiger partial charge in [-0.05, 0) is 18.2 Å². The fourth-order valence-corrected chi connectivity index (χ4v) is 2.64. The number of rotatable bonds is 5. The van der Waals surface area contributed by atoms with Crippen LogP contribution in [0.15, 0.2) is 18.2 Å². The van der Waals surface area contributed by atoms with Gasteiger partial charge >= 0.3 is 5.97 Å². The summed E-state index contributed by atoms with van der Waals surface area (Å²) in [5.41, 5.74) is 0.253. The van der Waals surface area contributed by atoms with Gasteiger partial charge in [-0.2, -0.15) is 0 Å².